The van der Waals surface area contributed by atoms with Gasteiger partial charge in [-0.1, -0.05) is 12.1 Å². The van der Waals surface area contributed by atoms with Gasteiger partial charge in [0.25, 0.3) is 11.8 Å². The van der Waals surface area contributed by atoms with E-state index in [0.29, 0.717) is 18.9 Å². The molecule has 0 aliphatic carbocycles. The van der Waals surface area contributed by atoms with Gasteiger partial charge in [-0.25, -0.2) is 8.42 Å². The number of nitrogens with one attached hydrogen (secondary N) is 3. The van der Waals surface area contributed by atoms with Crippen LogP contribution >= 0.6 is 0 Å². The Morgan fingerprint density at radius 2 is 1.48 bits per heavy atom. The van der Waals surface area contributed by atoms with Gasteiger partial charge in [-0.2, -0.15) is 4.31 Å². The minimum absolute atomic E-state index is 0.0172. The van der Waals surface area contributed by atoms with Crippen LogP contribution in [-0.2, 0) is 19.6 Å². The lowest BCUT2D eigenvalue weighted by molar-refractivity contribution is -0.114. The minimum atomic E-state index is -3.76. The van der Waals surface area contributed by atoms with Crippen molar-refractivity contribution in [3.05, 3.63) is 59.7 Å². The van der Waals surface area contributed by atoms with Gasteiger partial charge < -0.3 is 10.1 Å². The Morgan fingerprint density at radius 1 is 0.903 bits per heavy atom. The van der Waals surface area contributed by atoms with E-state index in [1.807, 2.05) is 0 Å². The predicted molar refractivity (Wildman–Crippen MR) is 112 cm³/mol. The van der Waals surface area contributed by atoms with E-state index in [9.17, 15) is 22.8 Å². The molecular weight excluding hydrogens is 424 g/mol. The normalized spacial score (nSPS) is 14.5. The van der Waals surface area contributed by atoms with E-state index in [1.54, 1.807) is 12.1 Å². The number of rotatable bonds is 5. The Balaban J connectivity index is 1.66. The van der Waals surface area contributed by atoms with Crippen molar-refractivity contribution in [3.63, 3.8) is 0 Å². The number of hydrogen-bond donors (Lipinski definition) is 3. The van der Waals surface area contributed by atoms with Gasteiger partial charge in [-0.3, -0.25) is 25.2 Å². The number of nitrogens with zero attached hydrogens (tertiary/aromatic N) is 1. The second kappa shape index (κ2) is 9.69. The van der Waals surface area contributed by atoms with Crippen LogP contribution in [0.25, 0.3) is 0 Å². The second-order valence-corrected chi connectivity index (χ2v) is 8.65. The summed E-state index contributed by atoms with van der Waals surface area (Å²) in [6.45, 7) is 2.46. The highest BCUT2D eigenvalue weighted by molar-refractivity contribution is 7.89. The Morgan fingerprint density at radius 3 is 2.10 bits per heavy atom. The molecule has 3 amide bonds. The lowest BCUT2D eigenvalue weighted by atomic mass is 10.2. The van der Waals surface area contributed by atoms with E-state index in [1.165, 1.54) is 47.6 Å². The smallest absolute Gasteiger partial charge is 0.269 e. The highest BCUT2D eigenvalue weighted by atomic mass is 32.2. The summed E-state index contributed by atoms with van der Waals surface area (Å²) in [6, 6.07) is 11.7. The topological polar surface area (TPSA) is 134 Å². The van der Waals surface area contributed by atoms with Crippen molar-refractivity contribution in [3.8, 4) is 0 Å². The molecule has 0 unspecified atom stereocenters. The SMILES string of the molecule is CC(=O)Nc1cccc(C(=O)NNC(=O)c2cccc(S(=O)(=O)N3CCOCC3)c2)c1. The molecule has 1 fully saturated rings. The number of sulfonamides is 1. The fraction of sp³-hybridized carbons (Fsp3) is 0.250. The third kappa shape index (κ3) is 5.66. The first-order valence-electron chi connectivity index (χ1n) is 9.43. The highest BCUT2D eigenvalue weighted by Crippen LogP contribution is 2.18. The van der Waals surface area contributed by atoms with Crippen molar-refractivity contribution < 1.29 is 27.5 Å². The van der Waals surface area contributed by atoms with Crippen LogP contribution in [-0.4, -0.2) is 56.7 Å². The molecular formula is C20H22N4O6S. The molecule has 2 aromatic carbocycles. The number of anilines is 1. The number of hydrazine groups is 1. The zero-order chi connectivity index (χ0) is 22.4. The van der Waals surface area contributed by atoms with Crippen LogP contribution in [0.1, 0.15) is 27.6 Å². The number of hydrogen-bond acceptors (Lipinski definition) is 6. The number of ether oxygens (including phenoxy) is 1. The number of carbonyl (C=O) groups is 3. The molecule has 10 nitrogen and oxygen atoms in total. The summed E-state index contributed by atoms with van der Waals surface area (Å²) in [6.07, 6.45) is 0. The standard InChI is InChI=1S/C20H22N4O6S/c1-14(25)21-17-6-2-4-15(12-17)19(26)22-23-20(27)16-5-3-7-18(13-16)31(28,29)24-8-10-30-11-9-24/h2-7,12-13H,8-11H2,1H3,(H,21,25)(H,22,26)(H,23,27). The highest BCUT2D eigenvalue weighted by Gasteiger charge is 2.27. The summed E-state index contributed by atoms with van der Waals surface area (Å²) in [7, 11) is -3.76. The van der Waals surface area contributed by atoms with Crippen LogP contribution in [0, 0.1) is 0 Å². The van der Waals surface area contributed by atoms with E-state index < -0.39 is 21.8 Å². The Hall–Kier alpha value is -3.28. The minimum Gasteiger partial charge on any atom is -0.379 e. The quantitative estimate of drug-likeness (QED) is 0.580. The van der Waals surface area contributed by atoms with E-state index in [0.717, 1.165) is 0 Å². The Labute approximate surface area is 179 Å². The molecule has 0 saturated carbocycles. The molecule has 1 aliphatic heterocycles. The molecule has 1 aliphatic rings. The maximum absolute atomic E-state index is 12.8. The molecule has 1 heterocycles. The van der Waals surface area contributed by atoms with Gasteiger partial charge in [-0.05, 0) is 36.4 Å². The van der Waals surface area contributed by atoms with Crippen LogP contribution in [0.15, 0.2) is 53.4 Å². The van der Waals surface area contributed by atoms with Crippen LogP contribution in [0.2, 0.25) is 0 Å². The van der Waals surface area contributed by atoms with Gasteiger partial charge in [0.15, 0.2) is 0 Å². The summed E-state index contributed by atoms with van der Waals surface area (Å²) in [4.78, 5) is 35.9. The van der Waals surface area contributed by atoms with Crippen molar-refractivity contribution >= 4 is 33.4 Å². The average Bonchev–Trinajstić information content (AvgIpc) is 2.77. The molecule has 31 heavy (non-hydrogen) atoms. The molecule has 3 rings (SSSR count). The molecule has 0 bridgehead atoms. The molecule has 0 radical (unpaired) electrons. The van der Waals surface area contributed by atoms with Crippen molar-refractivity contribution in [2.24, 2.45) is 0 Å². The largest absolute Gasteiger partial charge is 0.379 e. The van der Waals surface area contributed by atoms with Gasteiger partial charge in [0.2, 0.25) is 15.9 Å². The second-order valence-electron chi connectivity index (χ2n) is 6.71. The Kier molecular flexibility index (Phi) is 7.00. The van der Waals surface area contributed by atoms with E-state index in [2.05, 4.69) is 16.2 Å². The van der Waals surface area contributed by atoms with Crippen LogP contribution in [0.5, 0.6) is 0 Å². The number of carbonyl (C=O) groups excluding carboxylic acids is 3. The van der Waals surface area contributed by atoms with E-state index >= 15 is 0 Å². The first kappa shape index (κ1) is 22.4. The third-order valence-corrected chi connectivity index (χ3v) is 6.33. The molecule has 2 aromatic rings. The molecule has 1 saturated heterocycles. The first-order valence-corrected chi connectivity index (χ1v) is 10.9. The maximum atomic E-state index is 12.8. The van der Waals surface area contributed by atoms with Crippen LogP contribution in [0.3, 0.4) is 0 Å². The first-order chi connectivity index (χ1) is 14.8. The fourth-order valence-corrected chi connectivity index (χ4v) is 4.39. The van der Waals surface area contributed by atoms with E-state index in [4.69, 9.17) is 4.74 Å². The number of benzene rings is 2. The van der Waals surface area contributed by atoms with Crippen molar-refractivity contribution in [1.29, 1.82) is 0 Å². The van der Waals surface area contributed by atoms with Gasteiger partial charge >= 0.3 is 0 Å². The Bertz CT molecular complexity index is 1100. The van der Waals surface area contributed by atoms with Crippen LogP contribution < -0.4 is 16.2 Å². The van der Waals surface area contributed by atoms with Crippen molar-refractivity contribution in [1.82, 2.24) is 15.2 Å². The van der Waals surface area contributed by atoms with Crippen molar-refractivity contribution in [2.45, 2.75) is 11.8 Å². The lowest BCUT2D eigenvalue weighted by Crippen LogP contribution is -2.42. The maximum Gasteiger partial charge on any atom is 0.269 e. The molecule has 164 valence electrons. The van der Waals surface area contributed by atoms with Gasteiger partial charge in [0.05, 0.1) is 18.1 Å². The summed E-state index contributed by atoms with van der Waals surface area (Å²) in [5.41, 5.74) is 5.26. The zero-order valence-corrected chi connectivity index (χ0v) is 17.6. The predicted octanol–water partition coefficient (Wildman–Crippen LogP) is 0.741. The molecule has 11 heteroatoms. The van der Waals surface area contributed by atoms with Gasteiger partial charge in [0, 0.05) is 36.8 Å². The number of amides is 3. The summed E-state index contributed by atoms with van der Waals surface area (Å²) in [5, 5.41) is 2.56. The molecule has 3 N–H and O–H groups in total. The average molecular weight is 446 g/mol. The fourth-order valence-electron chi connectivity index (χ4n) is 2.93. The van der Waals surface area contributed by atoms with Crippen molar-refractivity contribution in [2.75, 3.05) is 31.6 Å². The lowest BCUT2D eigenvalue weighted by Gasteiger charge is -2.26. The monoisotopic (exact) mass is 446 g/mol. The van der Waals surface area contributed by atoms with Gasteiger partial charge in [0.1, 0.15) is 0 Å². The zero-order valence-electron chi connectivity index (χ0n) is 16.8. The number of morpholine rings is 1. The van der Waals surface area contributed by atoms with Gasteiger partial charge in [-0.15, -0.1) is 0 Å². The van der Waals surface area contributed by atoms with E-state index in [-0.39, 0.29) is 35.0 Å². The molecule has 0 aromatic heterocycles. The van der Waals surface area contributed by atoms with Crippen LogP contribution in [0.4, 0.5) is 5.69 Å². The summed E-state index contributed by atoms with van der Waals surface area (Å²) in [5.74, 6) is -1.55. The third-order valence-electron chi connectivity index (χ3n) is 4.44. The molecule has 0 atom stereocenters. The molecule has 0 spiro atoms. The summed E-state index contributed by atoms with van der Waals surface area (Å²) >= 11 is 0. The summed E-state index contributed by atoms with van der Waals surface area (Å²) < 4.78 is 32.0.